The molecule has 0 amide bonds. The highest BCUT2D eigenvalue weighted by Crippen LogP contribution is 2.54. The summed E-state index contributed by atoms with van der Waals surface area (Å²) in [6.45, 7) is 8.64. The first-order chi connectivity index (χ1) is 6.45. The molecule has 0 bridgehead atoms. The van der Waals surface area contributed by atoms with Gasteiger partial charge in [0.1, 0.15) is 13.5 Å². The van der Waals surface area contributed by atoms with E-state index in [2.05, 4.69) is 0 Å². The number of hydrogen-bond donors (Lipinski definition) is 0. The largest absolute Gasteiger partial charge is 0.374 e. The predicted octanol–water partition coefficient (Wildman–Crippen LogP) is 3.77. The smallest absolute Gasteiger partial charge is 0.117 e. The Morgan fingerprint density at radius 2 is 1.71 bits per heavy atom. The molecule has 0 saturated carbocycles. The standard InChI is InChI=1S/C10H22ClO2P/c1-9(2)14(12,10(3)4)8-13-7-5-6-11/h9-10H,5-8H2,1-4H3. The second kappa shape index (κ2) is 6.87. The predicted molar refractivity (Wildman–Crippen MR) is 64.0 cm³/mol. The molecule has 0 aromatic rings. The molecule has 0 aromatic carbocycles. The third-order valence-electron chi connectivity index (χ3n) is 2.46. The van der Waals surface area contributed by atoms with Gasteiger partial charge in [-0.1, -0.05) is 27.7 Å². The second-order valence-corrected chi connectivity index (χ2v) is 8.53. The van der Waals surface area contributed by atoms with Gasteiger partial charge in [0.15, 0.2) is 0 Å². The first-order valence-electron chi connectivity index (χ1n) is 5.17. The maximum atomic E-state index is 12.4. The van der Waals surface area contributed by atoms with Gasteiger partial charge in [-0.2, -0.15) is 0 Å². The van der Waals surface area contributed by atoms with Crippen LogP contribution in [0.1, 0.15) is 34.1 Å². The van der Waals surface area contributed by atoms with Crippen molar-refractivity contribution in [2.24, 2.45) is 0 Å². The topological polar surface area (TPSA) is 26.3 Å². The van der Waals surface area contributed by atoms with Crippen molar-refractivity contribution in [2.75, 3.05) is 18.8 Å². The number of ether oxygens (including phenoxy) is 1. The normalized spacial score (nSPS) is 12.8. The number of rotatable bonds is 7. The van der Waals surface area contributed by atoms with Crippen molar-refractivity contribution in [3.05, 3.63) is 0 Å². The van der Waals surface area contributed by atoms with Crippen molar-refractivity contribution in [3.8, 4) is 0 Å². The molecule has 0 aliphatic heterocycles. The summed E-state index contributed by atoms with van der Waals surface area (Å²) >= 11 is 5.53. The molecule has 0 fully saturated rings. The van der Waals surface area contributed by atoms with Crippen LogP contribution in [-0.4, -0.2) is 30.2 Å². The van der Waals surface area contributed by atoms with Crippen LogP contribution in [0, 0.1) is 0 Å². The average molecular weight is 241 g/mol. The molecule has 0 unspecified atom stereocenters. The van der Waals surface area contributed by atoms with E-state index >= 15 is 0 Å². The maximum Gasteiger partial charge on any atom is 0.117 e. The van der Waals surface area contributed by atoms with Crippen molar-refractivity contribution < 1.29 is 9.30 Å². The fourth-order valence-corrected chi connectivity index (χ4v) is 3.57. The van der Waals surface area contributed by atoms with Gasteiger partial charge in [0.05, 0.1) is 0 Å². The van der Waals surface area contributed by atoms with E-state index in [4.69, 9.17) is 16.3 Å². The quantitative estimate of drug-likeness (QED) is 0.385. The second-order valence-electron chi connectivity index (χ2n) is 4.12. The Kier molecular flexibility index (Phi) is 7.11. The maximum absolute atomic E-state index is 12.4. The molecule has 0 aromatic heterocycles. The van der Waals surface area contributed by atoms with Gasteiger partial charge in [-0.3, -0.25) is 0 Å². The molecule has 0 aliphatic carbocycles. The van der Waals surface area contributed by atoms with E-state index in [0.29, 0.717) is 18.8 Å². The Labute approximate surface area is 92.7 Å². The Hall–Kier alpha value is 0.480. The fraction of sp³-hybridized carbons (Fsp3) is 1.00. The number of halogens is 1. The Bertz CT molecular complexity index is 181. The van der Waals surface area contributed by atoms with Gasteiger partial charge in [0.25, 0.3) is 0 Å². The molecule has 2 nitrogen and oxygen atoms in total. The van der Waals surface area contributed by atoms with Crippen LogP contribution in [-0.2, 0) is 9.30 Å². The van der Waals surface area contributed by atoms with Gasteiger partial charge in [-0.15, -0.1) is 11.6 Å². The van der Waals surface area contributed by atoms with E-state index in [0.717, 1.165) is 6.42 Å². The van der Waals surface area contributed by atoms with Gasteiger partial charge in [0, 0.05) is 23.8 Å². The lowest BCUT2D eigenvalue weighted by atomic mass is 10.5. The van der Waals surface area contributed by atoms with Crippen LogP contribution >= 0.6 is 18.7 Å². The lowest BCUT2D eigenvalue weighted by Crippen LogP contribution is -2.14. The van der Waals surface area contributed by atoms with E-state index < -0.39 is 7.14 Å². The molecule has 0 rings (SSSR count). The van der Waals surface area contributed by atoms with E-state index in [1.54, 1.807) is 0 Å². The average Bonchev–Trinajstić information content (AvgIpc) is 2.11. The monoisotopic (exact) mass is 240 g/mol. The van der Waals surface area contributed by atoms with Crippen LogP contribution in [0.5, 0.6) is 0 Å². The summed E-state index contributed by atoms with van der Waals surface area (Å²) in [6.07, 6.45) is 1.23. The summed E-state index contributed by atoms with van der Waals surface area (Å²) < 4.78 is 17.8. The van der Waals surface area contributed by atoms with Crippen molar-refractivity contribution in [1.29, 1.82) is 0 Å². The third-order valence-corrected chi connectivity index (χ3v) is 6.81. The zero-order valence-corrected chi connectivity index (χ0v) is 11.3. The number of alkyl halides is 1. The first-order valence-corrected chi connectivity index (χ1v) is 7.73. The van der Waals surface area contributed by atoms with Crippen LogP contribution in [0.3, 0.4) is 0 Å². The van der Waals surface area contributed by atoms with Crippen LogP contribution < -0.4 is 0 Å². The highest BCUT2D eigenvalue weighted by atomic mass is 35.5. The van der Waals surface area contributed by atoms with Gasteiger partial charge < -0.3 is 9.30 Å². The zero-order chi connectivity index (χ0) is 11.2. The Balaban J connectivity index is 4.06. The highest BCUT2D eigenvalue weighted by Gasteiger charge is 2.30. The van der Waals surface area contributed by atoms with E-state index in [-0.39, 0.29) is 11.3 Å². The van der Waals surface area contributed by atoms with Crippen LogP contribution in [0.25, 0.3) is 0 Å². The molecular formula is C10H22ClO2P. The summed E-state index contributed by atoms with van der Waals surface area (Å²) in [4.78, 5) is 0. The zero-order valence-electron chi connectivity index (χ0n) is 9.62. The Morgan fingerprint density at radius 1 is 1.21 bits per heavy atom. The molecule has 0 aliphatic rings. The minimum Gasteiger partial charge on any atom is -0.374 e. The lowest BCUT2D eigenvalue weighted by Gasteiger charge is -2.25. The highest BCUT2D eigenvalue weighted by molar-refractivity contribution is 7.65. The van der Waals surface area contributed by atoms with Crippen molar-refractivity contribution in [3.63, 3.8) is 0 Å². The van der Waals surface area contributed by atoms with E-state index in [1.165, 1.54) is 0 Å². The van der Waals surface area contributed by atoms with E-state index in [1.807, 2.05) is 27.7 Å². The molecule has 0 heterocycles. The molecule has 0 spiro atoms. The fourth-order valence-electron chi connectivity index (χ4n) is 1.26. The van der Waals surface area contributed by atoms with Gasteiger partial charge in [-0.25, -0.2) is 0 Å². The van der Waals surface area contributed by atoms with Crippen LogP contribution in [0.15, 0.2) is 0 Å². The van der Waals surface area contributed by atoms with Crippen LogP contribution in [0.4, 0.5) is 0 Å². The van der Waals surface area contributed by atoms with Crippen LogP contribution in [0.2, 0.25) is 0 Å². The van der Waals surface area contributed by atoms with Gasteiger partial charge in [-0.05, 0) is 6.42 Å². The molecule has 4 heteroatoms. The van der Waals surface area contributed by atoms with E-state index in [9.17, 15) is 4.57 Å². The molecule has 0 N–H and O–H groups in total. The summed E-state index contributed by atoms with van der Waals surface area (Å²) in [5.74, 6) is 0.605. The minimum absolute atomic E-state index is 0.207. The molecule has 0 saturated heterocycles. The molecule has 0 radical (unpaired) electrons. The molecule has 14 heavy (non-hydrogen) atoms. The van der Waals surface area contributed by atoms with Crippen molar-refractivity contribution in [1.82, 2.24) is 0 Å². The van der Waals surface area contributed by atoms with Crippen molar-refractivity contribution >= 4 is 18.7 Å². The van der Waals surface area contributed by atoms with Gasteiger partial charge >= 0.3 is 0 Å². The minimum atomic E-state index is -2.17. The molecular weight excluding hydrogens is 219 g/mol. The third kappa shape index (κ3) is 4.33. The SMILES string of the molecule is CC(C)P(=O)(COCCCCl)C(C)C. The van der Waals surface area contributed by atoms with Crippen molar-refractivity contribution in [2.45, 2.75) is 45.4 Å². The molecule has 86 valence electrons. The number of hydrogen-bond acceptors (Lipinski definition) is 2. The summed E-state index contributed by atoms with van der Waals surface area (Å²) in [5, 5.41) is 0. The lowest BCUT2D eigenvalue weighted by molar-refractivity contribution is 0.175. The summed E-state index contributed by atoms with van der Waals surface area (Å²) in [7, 11) is -2.17. The first kappa shape index (κ1) is 14.5. The summed E-state index contributed by atoms with van der Waals surface area (Å²) in [6, 6.07) is 0. The summed E-state index contributed by atoms with van der Waals surface area (Å²) in [5.41, 5.74) is 0.414. The molecule has 0 atom stereocenters. The van der Waals surface area contributed by atoms with Gasteiger partial charge in [0.2, 0.25) is 0 Å². The Morgan fingerprint density at radius 3 is 2.07 bits per heavy atom.